The van der Waals surface area contributed by atoms with Gasteiger partial charge in [0.05, 0.1) is 34.6 Å². The Kier molecular flexibility index (Phi) is 5.79. The molecule has 0 unspecified atom stereocenters. The van der Waals surface area contributed by atoms with Crippen LogP contribution in [-0.2, 0) is 11.3 Å². The number of fused-ring (bicyclic) bond motifs is 1. The molecule has 0 aliphatic carbocycles. The predicted molar refractivity (Wildman–Crippen MR) is 118 cm³/mol. The minimum Gasteiger partial charge on any atom is -0.467 e. The summed E-state index contributed by atoms with van der Waals surface area (Å²) in [6, 6.07) is 12.4. The Morgan fingerprint density at radius 2 is 1.78 bits per heavy atom. The van der Waals surface area contributed by atoms with Crippen molar-refractivity contribution >= 4 is 46.6 Å². The second kappa shape index (κ2) is 8.68. The summed E-state index contributed by atoms with van der Waals surface area (Å²) in [4.78, 5) is 50.9. The molecule has 8 nitrogen and oxygen atoms in total. The number of carbonyl (C=O) groups excluding carboxylic acids is 4. The van der Waals surface area contributed by atoms with Gasteiger partial charge in [0, 0.05) is 17.7 Å². The molecule has 2 N–H and O–H groups in total. The van der Waals surface area contributed by atoms with E-state index >= 15 is 0 Å². The summed E-state index contributed by atoms with van der Waals surface area (Å²) in [7, 11) is 0. The molecule has 0 saturated heterocycles. The van der Waals surface area contributed by atoms with Crippen LogP contribution in [0.4, 0.5) is 11.4 Å². The van der Waals surface area contributed by atoms with Gasteiger partial charge in [-0.2, -0.15) is 0 Å². The van der Waals surface area contributed by atoms with Gasteiger partial charge in [-0.1, -0.05) is 18.5 Å². The minimum atomic E-state index is -0.515. The Morgan fingerprint density at radius 3 is 2.50 bits per heavy atom. The van der Waals surface area contributed by atoms with Gasteiger partial charge in [0.2, 0.25) is 5.91 Å². The van der Waals surface area contributed by atoms with E-state index in [2.05, 4.69) is 10.6 Å². The summed E-state index contributed by atoms with van der Waals surface area (Å²) in [5.74, 6) is -1.17. The standard InChI is InChI=1S/C23H18ClN3O5/c1-2-20(28)25-14-6-8-18(24)19(11-14)26-21(29)13-5-7-16-17(10-13)23(31)27(22(16)30)12-15-4-3-9-32-15/h3-11H,2,12H2,1H3,(H,25,28)(H,26,29). The highest BCUT2D eigenvalue weighted by atomic mass is 35.5. The van der Waals surface area contributed by atoms with Crippen LogP contribution in [0.5, 0.6) is 0 Å². The van der Waals surface area contributed by atoms with Gasteiger partial charge in [-0.25, -0.2) is 0 Å². The Morgan fingerprint density at radius 1 is 1.00 bits per heavy atom. The maximum atomic E-state index is 12.8. The van der Waals surface area contributed by atoms with Crippen LogP contribution in [0.25, 0.3) is 0 Å². The number of hydrogen-bond donors (Lipinski definition) is 2. The van der Waals surface area contributed by atoms with Crippen molar-refractivity contribution in [2.24, 2.45) is 0 Å². The predicted octanol–water partition coefficient (Wildman–Crippen LogP) is 4.33. The molecule has 4 amide bonds. The third-order valence-electron chi connectivity index (χ3n) is 4.95. The summed E-state index contributed by atoms with van der Waals surface area (Å²) in [5, 5.41) is 5.65. The lowest BCUT2D eigenvalue weighted by molar-refractivity contribution is -0.115. The Balaban J connectivity index is 1.54. The van der Waals surface area contributed by atoms with Gasteiger partial charge in [-0.3, -0.25) is 24.1 Å². The molecule has 2 aromatic carbocycles. The smallest absolute Gasteiger partial charge is 0.261 e. The molecular formula is C23H18ClN3O5. The number of nitrogens with one attached hydrogen (secondary N) is 2. The summed E-state index contributed by atoms with van der Waals surface area (Å²) < 4.78 is 5.22. The summed E-state index contributed by atoms with van der Waals surface area (Å²) in [5.41, 5.74) is 1.33. The lowest BCUT2D eigenvalue weighted by atomic mass is 10.1. The fraction of sp³-hybridized carbons (Fsp3) is 0.130. The number of imide groups is 1. The Hall–Kier alpha value is -3.91. The van der Waals surface area contributed by atoms with Gasteiger partial charge in [-0.15, -0.1) is 0 Å². The van der Waals surface area contributed by atoms with Crippen molar-refractivity contribution in [3.8, 4) is 0 Å². The number of rotatable bonds is 6. The quantitative estimate of drug-likeness (QED) is 0.542. The maximum Gasteiger partial charge on any atom is 0.261 e. The van der Waals surface area contributed by atoms with E-state index in [1.165, 1.54) is 24.5 Å². The highest BCUT2D eigenvalue weighted by molar-refractivity contribution is 6.34. The van der Waals surface area contributed by atoms with E-state index in [9.17, 15) is 19.2 Å². The average Bonchev–Trinajstić information content (AvgIpc) is 3.38. The highest BCUT2D eigenvalue weighted by Crippen LogP contribution is 2.28. The van der Waals surface area contributed by atoms with Crippen LogP contribution in [0.1, 0.15) is 50.2 Å². The third kappa shape index (κ3) is 4.13. The molecule has 162 valence electrons. The summed E-state index contributed by atoms with van der Waals surface area (Å²) in [6.07, 6.45) is 1.77. The van der Waals surface area contributed by atoms with Crippen molar-refractivity contribution in [2.75, 3.05) is 10.6 Å². The number of carbonyl (C=O) groups is 4. The zero-order chi connectivity index (χ0) is 22.8. The van der Waals surface area contributed by atoms with E-state index in [1.807, 2.05) is 0 Å². The minimum absolute atomic E-state index is 0.00670. The monoisotopic (exact) mass is 451 g/mol. The van der Waals surface area contributed by atoms with Crippen LogP contribution in [0.15, 0.2) is 59.2 Å². The lowest BCUT2D eigenvalue weighted by Gasteiger charge is -2.11. The van der Waals surface area contributed by atoms with E-state index in [0.29, 0.717) is 23.6 Å². The molecule has 0 fully saturated rings. The van der Waals surface area contributed by atoms with Crippen LogP contribution >= 0.6 is 11.6 Å². The number of halogens is 1. The topological polar surface area (TPSA) is 109 Å². The summed E-state index contributed by atoms with van der Waals surface area (Å²) in [6.45, 7) is 1.73. The van der Waals surface area contributed by atoms with Crippen molar-refractivity contribution in [2.45, 2.75) is 19.9 Å². The third-order valence-corrected chi connectivity index (χ3v) is 5.28. The molecule has 3 aromatic rings. The van der Waals surface area contributed by atoms with Gasteiger partial charge >= 0.3 is 0 Å². The van der Waals surface area contributed by atoms with Gasteiger partial charge in [-0.05, 0) is 48.5 Å². The van der Waals surface area contributed by atoms with Gasteiger partial charge in [0.25, 0.3) is 17.7 Å². The first-order chi connectivity index (χ1) is 15.4. The van der Waals surface area contributed by atoms with Gasteiger partial charge < -0.3 is 15.1 Å². The SMILES string of the molecule is CCC(=O)Nc1ccc(Cl)c(NC(=O)c2ccc3c(c2)C(=O)N(Cc2ccco2)C3=O)c1. The molecule has 4 rings (SSSR count). The Bertz CT molecular complexity index is 1240. The molecule has 2 heterocycles. The second-order valence-electron chi connectivity index (χ2n) is 7.09. The average molecular weight is 452 g/mol. The fourth-order valence-electron chi connectivity index (χ4n) is 3.28. The molecule has 0 radical (unpaired) electrons. The first kappa shape index (κ1) is 21.3. The van der Waals surface area contributed by atoms with Crippen LogP contribution < -0.4 is 10.6 Å². The van der Waals surface area contributed by atoms with E-state index in [-0.39, 0.29) is 34.2 Å². The number of benzene rings is 2. The molecule has 32 heavy (non-hydrogen) atoms. The van der Waals surface area contributed by atoms with Gasteiger partial charge in [0.1, 0.15) is 5.76 Å². The molecule has 1 aliphatic heterocycles. The molecular weight excluding hydrogens is 434 g/mol. The molecule has 9 heteroatoms. The number of anilines is 2. The zero-order valence-corrected chi connectivity index (χ0v) is 17.7. The molecule has 0 atom stereocenters. The van der Waals surface area contributed by atoms with Crippen molar-refractivity contribution in [1.29, 1.82) is 0 Å². The maximum absolute atomic E-state index is 12.8. The molecule has 1 aliphatic rings. The van der Waals surface area contributed by atoms with Crippen molar-refractivity contribution in [1.82, 2.24) is 4.90 Å². The molecule has 0 bridgehead atoms. The molecule has 1 aromatic heterocycles. The summed E-state index contributed by atoms with van der Waals surface area (Å²) >= 11 is 6.18. The van der Waals surface area contributed by atoms with E-state index in [0.717, 1.165) is 4.90 Å². The Labute approximate surface area is 188 Å². The van der Waals surface area contributed by atoms with Gasteiger partial charge in [0.15, 0.2) is 0 Å². The first-order valence-electron chi connectivity index (χ1n) is 9.80. The van der Waals surface area contributed by atoms with Crippen LogP contribution in [-0.4, -0.2) is 28.5 Å². The number of amides is 4. The fourth-order valence-corrected chi connectivity index (χ4v) is 3.44. The number of hydrogen-bond acceptors (Lipinski definition) is 5. The van der Waals surface area contributed by atoms with Crippen LogP contribution in [0.2, 0.25) is 5.02 Å². The molecule has 0 saturated carbocycles. The second-order valence-corrected chi connectivity index (χ2v) is 7.49. The van der Waals surface area contributed by atoms with Crippen molar-refractivity contribution in [3.63, 3.8) is 0 Å². The van der Waals surface area contributed by atoms with E-state index < -0.39 is 17.7 Å². The largest absolute Gasteiger partial charge is 0.467 e. The van der Waals surface area contributed by atoms with Crippen molar-refractivity contribution < 1.29 is 23.6 Å². The highest BCUT2D eigenvalue weighted by Gasteiger charge is 2.36. The van der Waals surface area contributed by atoms with Crippen LogP contribution in [0, 0.1) is 0 Å². The normalized spacial score (nSPS) is 12.6. The first-order valence-corrected chi connectivity index (χ1v) is 10.2. The van der Waals surface area contributed by atoms with E-state index in [1.54, 1.807) is 37.3 Å². The molecule has 0 spiro atoms. The lowest BCUT2D eigenvalue weighted by Crippen LogP contribution is -2.28. The zero-order valence-electron chi connectivity index (χ0n) is 17.0. The number of furan rings is 1. The van der Waals surface area contributed by atoms with E-state index in [4.69, 9.17) is 16.0 Å². The van der Waals surface area contributed by atoms with Crippen LogP contribution in [0.3, 0.4) is 0 Å². The van der Waals surface area contributed by atoms with Crippen molar-refractivity contribution in [3.05, 3.63) is 82.3 Å². The number of nitrogens with zero attached hydrogens (tertiary/aromatic N) is 1.